The van der Waals surface area contributed by atoms with Crippen molar-refractivity contribution in [1.29, 1.82) is 0 Å². The lowest BCUT2D eigenvalue weighted by molar-refractivity contribution is -0.137. The number of alkyl halides is 3. The minimum atomic E-state index is -4.60. The van der Waals surface area contributed by atoms with Crippen molar-refractivity contribution in [3.05, 3.63) is 64.6 Å². The topological polar surface area (TPSA) is 46.4 Å². The van der Waals surface area contributed by atoms with Gasteiger partial charge in [0.05, 0.1) is 10.6 Å². The van der Waals surface area contributed by atoms with Crippen molar-refractivity contribution >= 4 is 28.8 Å². The Morgan fingerprint density at radius 2 is 2.00 bits per heavy atom. The smallest absolute Gasteiger partial charge is 0.321 e. The Morgan fingerprint density at radius 1 is 1.25 bits per heavy atom. The number of rotatable bonds is 2. The molecule has 0 radical (unpaired) electrons. The number of anilines is 1. The van der Waals surface area contributed by atoms with E-state index >= 15 is 0 Å². The monoisotopic (exact) mass is 353 g/mol. The van der Waals surface area contributed by atoms with Crippen LogP contribution in [0.2, 0.25) is 5.02 Å². The second kappa shape index (κ2) is 5.83. The van der Waals surface area contributed by atoms with Gasteiger partial charge >= 0.3 is 6.18 Å². The molecule has 1 N–H and O–H groups in total. The summed E-state index contributed by atoms with van der Waals surface area (Å²) in [7, 11) is 0. The van der Waals surface area contributed by atoms with Gasteiger partial charge in [0, 0.05) is 17.6 Å². The van der Waals surface area contributed by atoms with E-state index in [9.17, 15) is 18.0 Å². The molecule has 0 saturated heterocycles. The normalized spacial score (nSPS) is 11.7. The molecule has 0 aliphatic carbocycles. The maximum Gasteiger partial charge on any atom is 0.417 e. The van der Waals surface area contributed by atoms with Gasteiger partial charge in [0.1, 0.15) is 11.3 Å². The molecule has 3 rings (SSSR count). The number of fused-ring (bicyclic) bond motifs is 1. The maximum atomic E-state index is 12.9. The van der Waals surface area contributed by atoms with E-state index in [2.05, 4.69) is 10.3 Å². The molecule has 1 aromatic carbocycles. The molecule has 0 unspecified atom stereocenters. The van der Waals surface area contributed by atoms with Gasteiger partial charge in [-0.05, 0) is 37.3 Å². The van der Waals surface area contributed by atoms with E-state index in [1.807, 2.05) is 13.0 Å². The number of aromatic nitrogens is 2. The fourth-order valence-corrected chi connectivity index (χ4v) is 2.50. The third kappa shape index (κ3) is 3.07. The predicted molar refractivity (Wildman–Crippen MR) is 84.3 cm³/mol. The van der Waals surface area contributed by atoms with E-state index in [0.29, 0.717) is 5.65 Å². The molecule has 2 aromatic heterocycles. The molecule has 0 bridgehead atoms. The van der Waals surface area contributed by atoms with Gasteiger partial charge in [0.15, 0.2) is 0 Å². The van der Waals surface area contributed by atoms with Crippen molar-refractivity contribution in [2.75, 3.05) is 5.32 Å². The SMILES string of the molecule is Cc1cccc2nc(C(=O)Nc3ccc(Cl)c(C(F)(F)F)c3)cn12. The number of imidazole rings is 1. The van der Waals surface area contributed by atoms with Crippen LogP contribution in [0.1, 0.15) is 21.7 Å². The number of hydrogen-bond acceptors (Lipinski definition) is 2. The number of carbonyl (C=O) groups excluding carboxylic acids is 1. The highest BCUT2D eigenvalue weighted by atomic mass is 35.5. The first-order valence-electron chi connectivity index (χ1n) is 6.88. The predicted octanol–water partition coefficient (Wildman–Crippen LogP) is 4.57. The molecule has 24 heavy (non-hydrogen) atoms. The molecule has 0 atom stereocenters. The summed E-state index contributed by atoms with van der Waals surface area (Å²) in [5.74, 6) is -0.603. The first-order chi connectivity index (χ1) is 11.3. The van der Waals surface area contributed by atoms with Crippen LogP contribution in [-0.2, 0) is 6.18 Å². The summed E-state index contributed by atoms with van der Waals surface area (Å²) >= 11 is 5.56. The molecule has 2 heterocycles. The Hall–Kier alpha value is -2.54. The Kier molecular flexibility index (Phi) is 3.96. The van der Waals surface area contributed by atoms with Crippen molar-refractivity contribution in [2.24, 2.45) is 0 Å². The van der Waals surface area contributed by atoms with Crippen molar-refractivity contribution in [2.45, 2.75) is 13.1 Å². The molecule has 0 saturated carbocycles. The largest absolute Gasteiger partial charge is 0.417 e. The van der Waals surface area contributed by atoms with Gasteiger partial charge in [-0.1, -0.05) is 17.7 Å². The van der Waals surface area contributed by atoms with E-state index in [0.717, 1.165) is 17.8 Å². The van der Waals surface area contributed by atoms with Crippen LogP contribution in [0.15, 0.2) is 42.6 Å². The van der Waals surface area contributed by atoms with Crippen LogP contribution < -0.4 is 5.32 Å². The number of hydrogen-bond donors (Lipinski definition) is 1. The van der Waals surface area contributed by atoms with Crippen molar-refractivity contribution < 1.29 is 18.0 Å². The molecule has 0 fully saturated rings. The first-order valence-corrected chi connectivity index (χ1v) is 7.26. The fourth-order valence-electron chi connectivity index (χ4n) is 2.27. The Balaban J connectivity index is 1.90. The Bertz CT molecular complexity index is 934. The number of pyridine rings is 1. The number of benzene rings is 1. The van der Waals surface area contributed by atoms with Crippen molar-refractivity contribution in [1.82, 2.24) is 9.38 Å². The highest BCUT2D eigenvalue weighted by Gasteiger charge is 2.33. The molecule has 3 aromatic rings. The zero-order chi connectivity index (χ0) is 17.5. The number of amides is 1. The van der Waals surface area contributed by atoms with E-state index in [1.165, 1.54) is 12.3 Å². The molecular formula is C16H11ClF3N3O. The summed E-state index contributed by atoms with van der Waals surface area (Å²) < 4.78 is 40.3. The van der Waals surface area contributed by atoms with Crippen molar-refractivity contribution in [3.63, 3.8) is 0 Å². The maximum absolute atomic E-state index is 12.9. The minimum absolute atomic E-state index is 0.00879. The van der Waals surface area contributed by atoms with Crippen LogP contribution in [0.25, 0.3) is 5.65 Å². The summed E-state index contributed by atoms with van der Waals surface area (Å²) in [5, 5.41) is 1.98. The first kappa shape index (κ1) is 16.3. The molecule has 124 valence electrons. The van der Waals surface area contributed by atoms with E-state index in [4.69, 9.17) is 11.6 Å². The standard InChI is InChI=1S/C16H11ClF3N3O/c1-9-3-2-4-14-22-13(8-23(9)14)15(24)21-10-5-6-12(17)11(7-10)16(18,19)20/h2-8H,1H3,(H,21,24). The summed E-state index contributed by atoms with van der Waals surface area (Å²) in [6, 6.07) is 8.57. The highest BCUT2D eigenvalue weighted by molar-refractivity contribution is 6.31. The number of aryl methyl sites for hydroxylation is 1. The molecule has 8 heteroatoms. The lowest BCUT2D eigenvalue weighted by Crippen LogP contribution is -2.13. The Labute approximate surface area is 139 Å². The lowest BCUT2D eigenvalue weighted by Gasteiger charge is -2.11. The van der Waals surface area contributed by atoms with Gasteiger partial charge in [0.25, 0.3) is 5.91 Å². The van der Waals surface area contributed by atoms with Crippen LogP contribution in [0.4, 0.5) is 18.9 Å². The number of carbonyl (C=O) groups is 1. The van der Waals surface area contributed by atoms with E-state index in [1.54, 1.807) is 16.5 Å². The van der Waals surface area contributed by atoms with Gasteiger partial charge in [-0.3, -0.25) is 4.79 Å². The van der Waals surface area contributed by atoms with Crippen LogP contribution in [-0.4, -0.2) is 15.3 Å². The average molecular weight is 354 g/mol. The number of nitrogens with one attached hydrogen (secondary N) is 1. The highest BCUT2D eigenvalue weighted by Crippen LogP contribution is 2.36. The number of nitrogens with zero attached hydrogens (tertiary/aromatic N) is 2. The summed E-state index contributed by atoms with van der Waals surface area (Å²) in [6.07, 6.45) is -3.07. The molecule has 4 nitrogen and oxygen atoms in total. The summed E-state index contributed by atoms with van der Waals surface area (Å²) in [5.41, 5.74) is 0.545. The van der Waals surface area contributed by atoms with Gasteiger partial charge in [-0.25, -0.2) is 4.98 Å². The third-order valence-electron chi connectivity index (χ3n) is 3.46. The van der Waals surface area contributed by atoms with Gasteiger partial charge < -0.3 is 9.72 Å². The van der Waals surface area contributed by atoms with E-state index < -0.39 is 22.7 Å². The van der Waals surface area contributed by atoms with Crippen LogP contribution in [0, 0.1) is 6.92 Å². The molecule has 0 aliphatic rings. The van der Waals surface area contributed by atoms with Crippen molar-refractivity contribution in [3.8, 4) is 0 Å². The van der Waals surface area contributed by atoms with Gasteiger partial charge in [0.2, 0.25) is 0 Å². The quantitative estimate of drug-likeness (QED) is 0.733. The van der Waals surface area contributed by atoms with Crippen LogP contribution in [0.3, 0.4) is 0 Å². The average Bonchev–Trinajstić information content (AvgIpc) is 2.94. The van der Waals surface area contributed by atoms with E-state index in [-0.39, 0.29) is 11.4 Å². The lowest BCUT2D eigenvalue weighted by atomic mass is 10.2. The van der Waals surface area contributed by atoms with Gasteiger partial charge in [-0.2, -0.15) is 13.2 Å². The fraction of sp³-hybridized carbons (Fsp3) is 0.125. The minimum Gasteiger partial charge on any atom is -0.321 e. The molecule has 0 spiro atoms. The molecular weight excluding hydrogens is 343 g/mol. The summed E-state index contributed by atoms with van der Waals surface area (Å²) in [6.45, 7) is 1.85. The molecule has 1 amide bonds. The zero-order valence-corrected chi connectivity index (χ0v) is 13.1. The second-order valence-corrected chi connectivity index (χ2v) is 5.58. The summed E-state index contributed by atoms with van der Waals surface area (Å²) in [4.78, 5) is 16.4. The third-order valence-corrected chi connectivity index (χ3v) is 3.79. The molecule has 0 aliphatic heterocycles. The second-order valence-electron chi connectivity index (χ2n) is 5.17. The zero-order valence-electron chi connectivity index (χ0n) is 12.4. The van der Waals surface area contributed by atoms with Gasteiger partial charge in [-0.15, -0.1) is 0 Å². The number of halogens is 4. The van der Waals surface area contributed by atoms with Crippen LogP contribution >= 0.6 is 11.6 Å². The van der Waals surface area contributed by atoms with Crippen LogP contribution in [0.5, 0.6) is 0 Å². The Morgan fingerprint density at radius 3 is 2.67 bits per heavy atom.